The summed E-state index contributed by atoms with van der Waals surface area (Å²) < 4.78 is 28.9. The second kappa shape index (κ2) is 10.9. The summed E-state index contributed by atoms with van der Waals surface area (Å²) in [7, 11) is 3.30. The summed E-state index contributed by atoms with van der Waals surface area (Å²) in [6.45, 7) is 7.34. The molecule has 34 heavy (non-hydrogen) atoms. The minimum atomic E-state index is -0.0389. The highest BCUT2D eigenvalue weighted by atomic mass is 35.5. The standard InChI is InChI=1S/C25H30N2O6.ClH/c1-29-21-5-3-17-23(28)18-4-6-22(30-2)20(16-27-9-13-32-14-10-27)25(18)33-24(17)19(21)15-26-7-11-31-12-8-26;/h3-6H,7-16H2,1-2H3;1H. The van der Waals surface area contributed by atoms with Crippen LogP contribution < -0.4 is 14.9 Å². The highest BCUT2D eigenvalue weighted by Gasteiger charge is 2.23. The molecule has 3 aromatic rings. The van der Waals surface area contributed by atoms with Crippen LogP contribution in [-0.4, -0.2) is 76.6 Å². The van der Waals surface area contributed by atoms with E-state index >= 15 is 0 Å². The summed E-state index contributed by atoms with van der Waals surface area (Å²) in [6, 6.07) is 7.32. The maximum Gasteiger partial charge on any atom is 0.200 e. The maximum atomic E-state index is 13.6. The Bertz CT molecular complexity index is 1110. The van der Waals surface area contributed by atoms with Gasteiger partial charge in [0.25, 0.3) is 0 Å². The lowest BCUT2D eigenvalue weighted by atomic mass is 10.0. The lowest BCUT2D eigenvalue weighted by molar-refractivity contribution is 0.0338. The summed E-state index contributed by atoms with van der Waals surface area (Å²) in [5, 5.41) is 1.13. The minimum Gasteiger partial charge on any atom is -0.496 e. The first-order valence-corrected chi connectivity index (χ1v) is 11.4. The molecule has 5 rings (SSSR count). The first-order valence-electron chi connectivity index (χ1n) is 11.4. The van der Waals surface area contributed by atoms with E-state index in [2.05, 4.69) is 9.80 Å². The zero-order valence-corrected chi connectivity index (χ0v) is 20.4. The predicted octanol–water partition coefficient (Wildman–Crippen LogP) is 3.05. The molecule has 2 aromatic carbocycles. The van der Waals surface area contributed by atoms with Crippen molar-refractivity contribution in [1.82, 2.24) is 9.80 Å². The van der Waals surface area contributed by atoms with Gasteiger partial charge in [-0.05, 0) is 24.3 Å². The molecule has 0 spiro atoms. The van der Waals surface area contributed by atoms with Gasteiger partial charge in [-0.2, -0.15) is 0 Å². The van der Waals surface area contributed by atoms with Crippen molar-refractivity contribution in [3.05, 3.63) is 45.6 Å². The van der Waals surface area contributed by atoms with Crippen molar-refractivity contribution in [2.45, 2.75) is 13.1 Å². The second-order valence-electron chi connectivity index (χ2n) is 8.45. The Labute approximate surface area is 204 Å². The van der Waals surface area contributed by atoms with Gasteiger partial charge in [0.1, 0.15) is 22.7 Å². The average Bonchev–Trinajstić information content (AvgIpc) is 2.86. The van der Waals surface area contributed by atoms with Gasteiger partial charge in [0.15, 0.2) is 0 Å². The monoisotopic (exact) mass is 490 g/mol. The van der Waals surface area contributed by atoms with Crippen LogP contribution in [0.3, 0.4) is 0 Å². The van der Waals surface area contributed by atoms with Gasteiger partial charge in [-0.15, -0.1) is 12.4 Å². The van der Waals surface area contributed by atoms with Crippen LogP contribution in [0, 0.1) is 0 Å². The van der Waals surface area contributed by atoms with Gasteiger partial charge in [0.05, 0.1) is 62.5 Å². The minimum absolute atomic E-state index is 0. The fraction of sp³-hybridized carbons (Fsp3) is 0.480. The number of hydrogen-bond donors (Lipinski definition) is 0. The summed E-state index contributed by atoms with van der Waals surface area (Å²) in [6.07, 6.45) is 0. The summed E-state index contributed by atoms with van der Waals surface area (Å²) in [5.41, 5.74) is 2.89. The number of nitrogens with zero attached hydrogens (tertiary/aromatic N) is 2. The molecule has 9 heteroatoms. The Morgan fingerprint density at radius 2 is 1.15 bits per heavy atom. The number of methoxy groups -OCH3 is 2. The first-order chi connectivity index (χ1) is 16.2. The van der Waals surface area contributed by atoms with Gasteiger partial charge in [-0.25, -0.2) is 0 Å². The van der Waals surface area contributed by atoms with Gasteiger partial charge in [0.2, 0.25) is 5.43 Å². The molecule has 184 valence electrons. The van der Waals surface area contributed by atoms with Crippen LogP contribution in [0.4, 0.5) is 0 Å². The van der Waals surface area contributed by atoms with E-state index in [4.69, 9.17) is 23.4 Å². The third kappa shape index (κ3) is 4.74. The van der Waals surface area contributed by atoms with Crippen molar-refractivity contribution in [2.75, 3.05) is 66.8 Å². The Balaban J connectivity index is 0.00000274. The highest BCUT2D eigenvalue weighted by molar-refractivity contribution is 5.94. The van der Waals surface area contributed by atoms with Crippen LogP contribution in [-0.2, 0) is 22.6 Å². The third-order valence-electron chi connectivity index (χ3n) is 6.54. The average molecular weight is 491 g/mol. The Hall–Kier alpha value is -2.36. The lowest BCUT2D eigenvalue weighted by Crippen LogP contribution is -2.36. The van der Waals surface area contributed by atoms with Crippen LogP contribution in [0.5, 0.6) is 11.5 Å². The summed E-state index contributed by atoms with van der Waals surface area (Å²) >= 11 is 0. The molecule has 0 atom stereocenters. The normalized spacial score (nSPS) is 17.6. The first kappa shape index (κ1) is 24.8. The number of fused-ring (bicyclic) bond motifs is 2. The molecule has 1 aromatic heterocycles. The maximum absolute atomic E-state index is 13.6. The molecule has 0 aliphatic carbocycles. The van der Waals surface area contributed by atoms with E-state index in [-0.39, 0.29) is 17.8 Å². The summed E-state index contributed by atoms with van der Waals surface area (Å²) in [5.74, 6) is 1.43. The molecule has 0 bridgehead atoms. The smallest absolute Gasteiger partial charge is 0.200 e. The van der Waals surface area contributed by atoms with Crippen molar-refractivity contribution >= 4 is 34.3 Å². The van der Waals surface area contributed by atoms with Crippen molar-refractivity contribution in [1.29, 1.82) is 0 Å². The summed E-state index contributed by atoms with van der Waals surface area (Å²) in [4.78, 5) is 18.2. The third-order valence-corrected chi connectivity index (χ3v) is 6.54. The molecule has 0 amide bonds. The number of rotatable bonds is 6. The molecule has 2 fully saturated rings. The zero-order valence-electron chi connectivity index (χ0n) is 19.6. The van der Waals surface area contributed by atoms with Crippen molar-refractivity contribution in [3.63, 3.8) is 0 Å². The molecule has 0 N–H and O–H groups in total. The molecule has 3 heterocycles. The number of halogens is 1. The van der Waals surface area contributed by atoms with E-state index in [0.29, 0.717) is 73.0 Å². The zero-order chi connectivity index (χ0) is 22.8. The van der Waals surface area contributed by atoms with Crippen molar-refractivity contribution < 1.29 is 23.4 Å². The Morgan fingerprint density at radius 3 is 1.53 bits per heavy atom. The largest absolute Gasteiger partial charge is 0.496 e. The van der Waals surface area contributed by atoms with E-state index in [1.165, 1.54) is 0 Å². The SMILES string of the molecule is COc1ccc2c(=O)c3ccc(OC)c(CN4CCOCC4)c3oc2c1CN1CCOCC1.Cl. The second-order valence-corrected chi connectivity index (χ2v) is 8.45. The van der Waals surface area contributed by atoms with Gasteiger partial charge < -0.3 is 23.4 Å². The molecule has 0 saturated carbocycles. The Kier molecular flexibility index (Phi) is 7.95. The van der Waals surface area contributed by atoms with E-state index in [9.17, 15) is 4.79 Å². The van der Waals surface area contributed by atoms with Crippen LogP contribution >= 0.6 is 12.4 Å². The quantitative estimate of drug-likeness (QED) is 0.488. The molecular weight excluding hydrogens is 460 g/mol. The number of morpholine rings is 2. The number of benzene rings is 2. The topological polar surface area (TPSA) is 73.6 Å². The molecule has 2 aliphatic heterocycles. The molecule has 0 unspecified atom stereocenters. The van der Waals surface area contributed by atoms with E-state index in [1.807, 2.05) is 12.1 Å². The van der Waals surface area contributed by atoms with Gasteiger partial charge >= 0.3 is 0 Å². The van der Waals surface area contributed by atoms with Crippen LogP contribution in [0.2, 0.25) is 0 Å². The molecule has 2 aliphatic rings. The van der Waals surface area contributed by atoms with E-state index < -0.39 is 0 Å². The van der Waals surface area contributed by atoms with Crippen LogP contribution in [0.1, 0.15) is 11.1 Å². The van der Waals surface area contributed by atoms with Gasteiger partial charge in [-0.1, -0.05) is 0 Å². The van der Waals surface area contributed by atoms with Crippen molar-refractivity contribution in [2.24, 2.45) is 0 Å². The molecule has 0 radical (unpaired) electrons. The van der Waals surface area contributed by atoms with Crippen LogP contribution in [0.25, 0.3) is 21.9 Å². The molecule has 8 nitrogen and oxygen atoms in total. The molecular formula is C25H31ClN2O6. The highest BCUT2D eigenvalue weighted by Crippen LogP contribution is 2.34. The van der Waals surface area contributed by atoms with Crippen molar-refractivity contribution in [3.8, 4) is 11.5 Å². The van der Waals surface area contributed by atoms with Gasteiger partial charge in [0, 0.05) is 39.3 Å². The van der Waals surface area contributed by atoms with Crippen LogP contribution in [0.15, 0.2) is 33.5 Å². The Morgan fingerprint density at radius 1 is 0.735 bits per heavy atom. The fourth-order valence-electron chi connectivity index (χ4n) is 4.71. The lowest BCUT2D eigenvalue weighted by Gasteiger charge is -2.28. The number of hydrogen-bond acceptors (Lipinski definition) is 8. The molecule has 2 saturated heterocycles. The van der Waals surface area contributed by atoms with E-state index in [1.54, 1.807) is 26.4 Å². The van der Waals surface area contributed by atoms with E-state index in [0.717, 1.165) is 37.3 Å². The fourth-order valence-corrected chi connectivity index (χ4v) is 4.71. The number of ether oxygens (including phenoxy) is 4. The predicted molar refractivity (Wildman–Crippen MR) is 133 cm³/mol. The van der Waals surface area contributed by atoms with Gasteiger partial charge in [-0.3, -0.25) is 14.6 Å².